The molecule has 0 aromatic heterocycles. The maximum atomic E-state index is 12.5. The van der Waals surface area contributed by atoms with Gasteiger partial charge < -0.3 is 10.6 Å². The summed E-state index contributed by atoms with van der Waals surface area (Å²) in [5.41, 5.74) is 6.98. The highest BCUT2D eigenvalue weighted by Crippen LogP contribution is 2.32. The molecule has 0 radical (unpaired) electrons. The van der Waals surface area contributed by atoms with Crippen LogP contribution in [0.15, 0.2) is 30.3 Å². The van der Waals surface area contributed by atoms with Crippen molar-refractivity contribution in [2.24, 2.45) is 5.73 Å². The van der Waals surface area contributed by atoms with Crippen LogP contribution in [-0.2, 0) is 11.3 Å². The summed E-state index contributed by atoms with van der Waals surface area (Å²) in [6, 6.07) is 10.9. The fourth-order valence-corrected chi connectivity index (χ4v) is 3.59. The van der Waals surface area contributed by atoms with Gasteiger partial charge in [-0.15, -0.1) is 24.8 Å². The molecular formula is C18H29Cl2N3O. The summed E-state index contributed by atoms with van der Waals surface area (Å²) in [6.07, 6.45) is 4.88. The Labute approximate surface area is 157 Å². The number of rotatable bonds is 4. The van der Waals surface area contributed by atoms with E-state index in [1.165, 1.54) is 5.56 Å². The topological polar surface area (TPSA) is 49.6 Å². The van der Waals surface area contributed by atoms with E-state index < -0.39 is 5.54 Å². The number of hydrogen-bond donors (Lipinski definition) is 1. The number of halogens is 2. The Balaban J connectivity index is 0.00000144. The zero-order valence-electron chi connectivity index (χ0n) is 14.3. The van der Waals surface area contributed by atoms with Crippen LogP contribution in [0, 0.1) is 0 Å². The normalized spacial score (nSPS) is 20.2. The first kappa shape index (κ1) is 21.2. The molecular weight excluding hydrogens is 345 g/mol. The van der Waals surface area contributed by atoms with E-state index in [0.717, 1.165) is 51.7 Å². The number of carbonyl (C=O) groups excluding carboxylic acids is 1. The molecule has 1 amide bonds. The van der Waals surface area contributed by atoms with Crippen LogP contribution in [-0.4, -0.2) is 47.4 Å². The lowest BCUT2D eigenvalue weighted by molar-refractivity contribution is -0.141. The molecule has 1 saturated carbocycles. The highest BCUT2D eigenvalue weighted by Gasteiger charge is 2.43. The van der Waals surface area contributed by atoms with Crippen LogP contribution in [0.1, 0.15) is 37.7 Å². The van der Waals surface area contributed by atoms with Gasteiger partial charge in [-0.2, -0.15) is 0 Å². The number of piperidine rings is 1. The molecule has 136 valence electrons. The number of likely N-dealkylation sites (N-methyl/N-ethyl adjacent to an activating group) is 1. The Morgan fingerprint density at radius 3 is 2.29 bits per heavy atom. The van der Waals surface area contributed by atoms with Gasteiger partial charge in [-0.05, 0) is 37.7 Å². The van der Waals surface area contributed by atoms with E-state index in [9.17, 15) is 4.79 Å². The quantitative estimate of drug-likeness (QED) is 0.882. The van der Waals surface area contributed by atoms with Gasteiger partial charge in [-0.25, -0.2) is 0 Å². The Morgan fingerprint density at radius 1 is 1.21 bits per heavy atom. The van der Waals surface area contributed by atoms with Crippen LogP contribution in [0.5, 0.6) is 0 Å². The average Bonchev–Trinajstić information content (AvgIpc) is 2.53. The largest absolute Gasteiger partial charge is 0.341 e. The molecule has 2 N–H and O–H groups in total. The van der Waals surface area contributed by atoms with Crippen molar-refractivity contribution >= 4 is 30.7 Å². The maximum absolute atomic E-state index is 12.5. The Bertz CT molecular complexity index is 514. The monoisotopic (exact) mass is 373 g/mol. The van der Waals surface area contributed by atoms with Crippen molar-refractivity contribution in [1.29, 1.82) is 0 Å². The molecule has 4 nitrogen and oxygen atoms in total. The van der Waals surface area contributed by atoms with Gasteiger partial charge in [0.1, 0.15) is 0 Å². The summed E-state index contributed by atoms with van der Waals surface area (Å²) < 4.78 is 0. The Kier molecular flexibility index (Phi) is 8.00. The number of likely N-dealkylation sites (tertiary alicyclic amines) is 1. The van der Waals surface area contributed by atoms with Crippen molar-refractivity contribution in [1.82, 2.24) is 9.80 Å². The number of nitrogens with two attached hydrogens (primary N) is 1. The van der Waals surface area contributed by atoms with Gasteiger partial charge >= 0.3 is 0 Å². The summed E-state index contributed by atoms with van der Waals surface area (Å²) in [5, 5.41) is 0. The third kappa shape index (κ3) is 4.63. The van der Waals surface area contributed by atoms with Gasteiger partial charge in [-0.3, -0.25) is 9.69 Å². The van der Waals surface area contributed by atoms with Crippen LogP contribution in [0.25, 0.3) is 0 Å². The molecule has 0 atom stereocenters. The second kappa shape index (κ2) is 9.04. The molecule has 6 heteroatoms. The van der Waals surface area contributed by atoms with E-state index >= 15 is 0 Å². The average molecular weight is 374 g/mol. The lowest BCUT2D eigenvalue weighted by atomic mass is 9.76. The Hall–Kier alpha value is -0.810. The minimum Gasteiger partial charge on any atom is -0.341 e. The van der Waals surface area contributed by atoms with E-state index in [-0.39, 0.29) is 30.7 Å². The van der Waals surface area contributed by atoms with Crippen LogP contribution < -0.4 is 5.73 Å². The third-order valence-electron chi connectivity index (χ3n) is 5.35. The molecule has 1 saturated heterocycles. The fraction of sp³-hybridized carbons (Fsp3) is 0.611. The lowest BCUT2D eigenvalue weighted by Gasteiger charge is -2.43. The first-order chi connectivity index (χ1) is 10.6. The summed E-state index contributed by atoms with van der Waals surface area (Å²) >= 11 is 0. The van der Waals surface area contributed by atoms with E-state index in [4.69, 9.17) is 5.73 Å². The molecule has 2 fully saturated rings. The summed E-state index contributed by atoms with van der Waals surface area (Å²) in [7, 11) is 1.94. The van der Waals surface area contributed by atoms with Crippen molar-refractivity contribution in [3.8, 4) is 0 Å². The number of benzene rings is 1. The van der Waals surface area contributed by atoms with E-state index in [1.807, 2.05) is 11.9 Å². The number of nitrogens with zero attached hydrogens (tertiary/aromatic N) is 2. The fourth-order valence-electron chi connectivity index (χ4n) is 3.59. The van der Waals surface area contributed by atoms with Gasteiger partial charge in [-0.1, -0.05) is 30.3 Å². The molecule has 1 heterocycles. The molecule has 1 aromatic rings. The molecule has 2 aliphatic rings. The minimum atomic E-state index is -0.560. The summed E-state index contributed by atoms with van der Waals surface area (Å²) in [6.45, 7) is 3.11. The van der Waals surface area contributed by atoms with Crippen molar-refractivity contribution in [2.45, 2.75) is 50.2 Å². The predicted octanol–water partition coefficient (Wildman–Crippen LogP) is 2.83. The van der Waals surface area contributed by atoms with E-state index in [2.05, 4.69) is 35.2 Å². The van der Waals surface area contributed by atoms with Crippen molar-refractivity contribution < 1.29 is 4.79 Å². The van der Waals surface area contributed by atoms with Crippen molar-refractivity contribution in [3.05, 3.63) is 35.9 Å². The first-order valence-corrected chi connectivity index (χ1v) is 8.41. The second-order valence-corrected chi connectivity index (χ2v) is 6.92. The molecule has 1 aliphatic heterocycles. The van der Waals surface area contributed by atoms with Gasteiger partial charge in [0, 0.05) is 32.7 Å². The standard InChI is InChI=1S/C18H27N3O.2ClH/c1-20(17(22)18(19)10-5-11-18)16-8-12-21(13-9-16)14-15-6-3-2-4-7-15;;/h2-4,6-7,16H,5,8-14,19H2,1H3;2*1H. The van der Waals surface area contributed by atoms with E-state index in [1.54, 1.807) is 0 Å². The highest BCUT2D eigenvalue weighted by molar-refractivity contribution is 5.87. The maximum Gasteiger partial charge on any atom is 0.242 e. The lowest BCUT2D eigenvalue weighted by Crippen LogP contribution is -2.61. The summed E-state index contributed by atoms with van der Waals surface area (Å²) in [5.74, 6) is 0.153. The van der Waals surface area contributed by atoms with Gasteiger partial charge in [0.2, 0.25) is 5.91 Å². The SMILES string of the molecule is CN(C(=O)C1(N)CCC1)C1CCN(Cc2ccccc2)CC1.Cl.Cl. The zero-order valence-corrected chi connectivity index (χ0v) is 16.0. The third-order valence-corrected chi connectivity index (χ3v) is 5.35. The Morgan fingerprint density at radius 2 is 1.79 bits per heavy atom. The molecule has 0 unspecified atom stereocenters. The van der Waals surface area contributed by atoms with Crippen molar-refractivity contribution in [3.63, 3.8) is 0 Å². The molecule has 3 rings (SSSR count). The van der Waals surface area contributed by atoms with Crippen molar-refractivity contribution in [2.75, 3.05) is 20.1 Å². The first-order valence-electron chi connectivity index (χ1n) is 8.41. The van der Waals surface area contributed by atoms with Crippen LogP contribution >= 0.6 is 24.8 Å². The summed E-state index contributed by atoms with van der Waals surface area (Å²) in [4.78, 5) is 16.9. The zero-order chi connectivity index (χ0) is 15.6. The minimum absolute atomic E-state index is 0. The molecule has 0 bridgehead atoms. The molecule has 0 spiro atoms. The molecule has 1 aromatic carbocycles. The smallest absolute Gasteiger partial charge is 0.242 e. The molecule has 1 aliphatic carbocycles. The second-order valence-electron chi connectivity index (χ2n) is 6.92. The molecule has 24 heavy (non-hydrogen) atoms. The van der Waals surface area contributed by atoms with Gasteiger partial charge in [0.05, 0.1) is 5.54 Å². The van der Waals surface area contributed by atoms with Gasteiger partial charge in [0.15, 0.2) is 0 Å². The van der Waals surface area contributed by atoms with Crippen LogP contribution in [0.2, 0.25) is 0 Å². The number of amides is 1. The highest BCUT2D eigenvalue weighted by atomic mass is 35.5. The van der Waals surface area contributed by atoms with E-state index in [0.29, 0.717) is 6.04 Å². The number of carbonyl (C=O) groups is 1. The van der Waals surface area contributed by atoms with Crippen LogP contribution in [0.4, 0.5) is 0 Å². The number of hydrogen-bond acceptors (Lipinski definition) is 3. The van der Waals surface area contributed by atoms with Gasteiger partial charge in [0.25, 0.3) is 0 Å². The predicted molar refractivity (Wildman–Crippen MR) is 103 cm³/mol. The van der Waals surface area contributed by atoms with Crippen LogP contribution in [0.3, 0.4) is 0 Å².